The number of rotatable bonds is 4. The Kier molecular flexibility index (Phi) is 6.10. The van der Waals surface area contributed by atoms with Crippen molar-refractivity contribution in [3.05, 3.63) is 182 Å². The van der Waals surface area contributed by atoms with Crippen LogP contribution >= 0.6 is 0 Å². The molecule has 0 spiro atoms. The number of nitrogens with zero attached hydrogens (tertiary/aromatic N) is 2. The van der Waals surface area contributed by atoms with Crippen LogP contribution in [0.2, 0.25) is 0 Å². The van der Waals surface area contributed by atoms with E-state index in [-0.39, 0.29) is 14.5 Å². The third-order valence-electron chi connectivity index (χ3n) is 11.2. The summed E-state index contributed by atoms with van der Waals surface area (Å²) in [4.78, 5) is 2.53. The second-order valence-corrected chi connectivity index (χ2v) is 16.4. The van der Waals surface area contributed by atoms with Gasteiger partial charge < -0.3 is 0 Å². The summed E-state index contributed by atoms with van der Waals surface area (Å²) in [5.41, 5.74) is 9.69. The summed E-state index contributed by atoms with van der Waals surface area (Å²) in [6.07, 6.45) is 0. The van der Waals surface area contributed by atoms with E-state index < -0.39 is 0 Å². The molecule has 3 heterocycles. The van der Waals surface area contributed by atoms with Crippen LogP contribution in [0.25, 0.3) is 90.1 Å². The predicted octanol–water partition coefficient (Wildman–Crippen LogP) is 13.6. The molecule has 0 N–H and O–H groups in total. The molecule has 0 fully saturated rings. The van der Waals surface area contributed by atoms with E-state index in [1.807, 2.05) is 0 Å². The van der Waals surface area contributed by atoms with Crippen molar-refractivity contribution in [3.8, 4) is 11.1 Å². The molecular weight excluding hydrogens is 708 g/mol. The Morgan fingerprint density at radius 1 is 0.377 bits per heavy atom. The summed E-state index contributed by atoms with van der Waals surface area (Å²) < 4.78 is 5.47. The van der Waals surface area contributed by atoms with Crippen LogP contribution in [0.4, 0.5) is 17.1 Å². The van der Waals surface area contributed by atoms with Crippen LogP contribution in [-0.2, 0) is 0 Å². The van der Waals surface area contributed by atoms with Crippen molar-refractivity contribution >= 4 is 110 Å². The number of fused-ring (bicyclic) bond motifs is 8. The average Bonchev–Trinajstić information content (AvgIpc) is 3.73. The number of benzene rings is 9. The van der Waals surface area contributed by atoms with E-state index in [9.17, 15) is 0 Å². The maximum atomic E-state index is 2.57. The van der Waals surface area contributed by atoms with Crippen LogP contribution in [0.3, 0.4) is 0 Å². The van der Waals surface area contributed by atoms with Crippen molar-refractivity contribution in [3.63, 3.8) is 0 Å². The van der Waals surface area contributed by atoms with E-state index in [0.29, 0.717) is 0 Å². The molecule has 0 atom stereocenters. The zero-order valence-corrected chi connectivity index (χ0v) is 30.3. The standard InChI is InChI=1S/C50H30N2Se/c1-2-13-31(14-3-1)32-16-10-17-34(27-32)51(44-28-33-15-4-5-18-36(33)37-19-6-7-20-38(37)44)35-29-45-49-47(30-35)53-46-26-12-22-40(48(46)49)42-24-11-23-41-39-21-8-9-25-43(39)52(45)50(41)42/h1-30H. The van der Waals surface area contributed by atoms with Gasteiger partial charge in [-0.3, -0.25) is 0 Å². The topological polar surface area (TPSA) is 7.65 Å². The van der Waals surface area contributed by atoms with Gasteiger partial charge in [-0.25, -0.2) is 0 Å². The minimum absolute atomic E-state index is 0.156. The Balaban J connectivity index is 1.27. The molecule has 0 radical (unpaired) electrons. The predicted molar refractivity (Wildman–Crippen MR) is 228 cm³/mol. The molecule has 0 aliphatic heterocycles. The van der Waals surface area contributed by atoms with E-state index in [1.165, 1.54) is 101 Å². The first kappa shape index (κ1) is 29.2. The van der Waals surface area contributed by atoms with Gasteiger partial charge >= 0.3 is 313 Å². The first-order valence-electron chi connectivity index (χ1n) is 18.2. The normalized spacial score (nSPS) is 12.2. The molecule has 0 unspecified atom stereocenters. The fourth-order valence-electron chi connectivity index (χ4n) is 9.03. The zero-order valence-electron chi connectivity index (χ0n) is 28.6. The van der Waals surface area contributed by atoms with E-state index >= 15 is 0 Å². The Bertz CT molecular complexity index is 3410. The molecular formula is C50H30N2Se. The third kappa shape index (κ3) is 4.15. The first-order valence-corrected chi connectivity index (χ1v) is 19.9. The molecule has 0 bridgehead atoms. The van der Waals surface area contributed by atoms with Crippen LogP contribution in [0.1, 0.15) is 0 Å². The summed E-state index contributed by atoms with van der Waals surface area (Å²) in [6, 6.07) is 67.7. The zero-order chi connectivity index (χ0) is 34.6. The summed E-state index contributed by atoms with van der Waals surface area (Å²) in [5, 5.41) is 13.1. The fraction of sp³-hybridized carbons (Fsp3) is 0. The molecule has 0 amide bonds. The molecule has 0 saturated carbocycles. The summed E-state index contributed by atoms with van der Waals surface area (Å²) in [5.74, 6) is 0. The van der Waals surface area contributed by atoms with Gasteiger partial charge in [0, 0.05) is 0 Å². The van der Waals surface area contributed by atoms with Crippen LogP contribution < -0.4 is 4.90 Å². The number of para-hydroxylation sites is 2. The van der Waals surface area contributed by atoms with Crippen molar-refractivity contribution in [2.45, 2.75) is 0 Å². The number of aromatic nitrogens is 1. The molecule has 3 aromatic heterocycles. The SMILES string of the molecule is c1ccc(-c2cccc(N(c3cc4[se]c5cccc6c7cccc8c9ccccc9n(c(c3)c4c56)c78)c3cc4ccccc4c4ccccc34)c2)cc1. The van der Waals surface area contributed by atoms with Gasteiger partial charge in [0.15, 0.2) is 0 Å². The Morgan fingerprint density at radius 2 is 1.04 bits per heavy atom. The Morgan fingerprint density at radius 3 is 1.92 bits per heavy atom. The monoisotopic (exact) mass is 738 g/mol. The van der Waals surface area contributed by atoms with Crippen LogP contribution in [0, 0.1) is 0 Å². The van der Waals surface area contributed by atoms with Gasteiger partial charge in [-0.05, 0) is 0 Å². The summed E-state index contributed by atoms with van der Waals surface area (Å²) in [6.45, 7) is 0. The summed E-state index contributed by atoms with van der Waals surface area (Å²) in [7, 11) is 0. The summed E-state index contributed by atoms with van der Waals surface area (Å²) >= 11 is 0.156. The van der Waals surface area contributed by atoms with Crippen LogP contribution in [-0.4, -0.2) is 18.9 Å². The number of hydrogen-bond donors (Lipinski definition) is 0. The Labute approximate surface area is 311 Å². The van der Waals surface area contributed by atoms with E-state index in [4.69, 9.17) is 0 Å². The van der Waals surface area contributed by atoms with Gasteiger partial charge in [-0.2, -0.15) is 0 Å². The molecule has 0 aliphatic carbocycles. The Hall–Kier alpha value is -6.38. The van der Waals surface area contributed by atoms with Gasteiger partial charge in [-0.15, -0.1) is 0 Å². The van der Waals surface area contributed by atoms with Gasteiger partial charge in [0.1, 0.15) is 0 Å². The minimum atomic E-state index is 0.156. The molecule has 246 valence electrons. The number of anilines is 3. The molecule has 0 saturated heterocycles. The molecule has 12 aromatic rings. The van der Waals surface area contributed by atoms with Crippen LogP contribution in [0.5, 0.6) is 0 Å². The van der Waals surface area contributed by atoms with Crippen molar-refractivity contribution in [1.82, 2.24) is 4.40 Å². The van der Waals surface area contributed by atoms with Gasteiger partial charge in [0.25, 0.3) is 0 Å². The average molecular weight is 738 g/mol. The second-order valence-electron chi connectivity index (χ2n) is 14.1. The van der Waals surface area contributed by atoms with E-state index in [1.54, 1.807) is 0 Å². The molecule has 0 aliphatic rings. The van der Waals surface area contributed by atoms with Crippen molar-refractivity contribution < 1.29 is 0 Å². The van der Waals surface area contributed by atoms with E-state index in [0.717, 1.165) is 5.69 Å². The third-order valence-corrected chi connectivity index (χ3v) is 13.6. The fourth-order valence-corrected chi connectivity index (χ4v) is 11.5. The van der Waals surface area contributed by atoms with Crippen molar-refractivity contribution in [2.24, 2.45) is 0 Å². The van der Waals surface area contributed by atoms with E-state index in [2.05, 4.69) is 191 Å². The van der Waals surface area contributed by atoms with Crippen LogP contribution in [0.15, 0.2) is 182 Å². The molecule has 12 rings (SSSR count). The molecule has 53 heavy (non-hydrogen) atoms. The van der Waals surface area contributed by atoms with Gasteiger partial charge in [0.2, 0.25) is 0 Å². The molecule has 2 nitrogen and oxygen atoms in total. The van der Waals surface area contributed by atoms with Gasteiger partial charge in [0.05, 0.1) is 0 Å². The quantitative estimate of drug-likeness (QED) is 0.129. The van der Waals surface area contributed by atoms with Crippen molar-refractivity contribution in [1.29, 1.82) is 0 Å². The maximum absolute atomic E-state index is 2.57. The first-order chi connectivity index (χ1) is 26.3. The number of hydrogen-bond acceptors (Lipinski definition) is 1. The van der Waals surface area contributed by atoms with Gasteiger partial charge in [-0.1, -0.05) is 0 Å². The molecule has 3 heteroatoms. The molecule has 9 aromatic carbocycles. The second kappa shape index (κ2) is 11.1. The van der Waals surface area contributed by atoms with Crippen molar-refractivity contribution in [2.75, 3.05) is 4.90 Å².